The standard InChI is InChI=1S/C39H40N6O5Si/c1-25-36(51(2,3)49)35(20-21-43-23-33(40-42-43)30(24-46)26-12-6-4-7-13-26)50-39(25)31-22-28(45-37(47)29-16-10-11-17-32(29)41-45)18-19-34(31)44(38(39)48)27-14-8-5-9-15-27/h4-19,22-23,25,30,35-36,41,46,49H,20-21,24H2,1-3H3/t25-,30?,35+,36-,39+/m1/s1. The quantitative estimate of drug-likeness (QED) is 0.167. The molecule has 4 heterocycles. The Bertz CT molecular complexity index is 2280. The van der Waals surface area contributed by atoms with Gasteiger partial charge in [-0.25, -0.2) is 4.68 Å². The molecule has 1 amide bonds. The number of carbonyl (C=O) groups is 1. The minimum absolute atomic E-state index is 0.104. The summed E-state index contributed by atoms with van der Waals surface area (Å²) in [5, 5.41) is 22.7. The first-order chi connectivity index (χ1) is 24.6. The number of para-hydroxylation sites is 2. The van der Waals surface area contributed by atoms with Crippen molar-refractivity contribution in [3.8, 4) is 5.69 Å². The molecule has 0 bridgehead atoms. The molecule has 260 valence electrons. The molecule has 5 atom stereocenters. The molecular weight excluding hydrogens is 661 g/mol. The highest BCUT2D eigenvalue weighted by atomic mass is 28.4. The van der Waals surface area contributed by atoms with E-state index in [-0.39, 0.29) is 29.5 Å². The summed E-state index contributed by atoms with van der Waals surface area (Å²) in [5.74, 6) is -0.926. The number of carbonyl (C=O) groups excluding carboxylic acids is 1. The highest BCUT2D eigenvalue weighted by Gasteiger charge is 2.66. The van der Waals surface area contributed by atoms with Gasteiger partial charge in [-0.1, -0.05) is 72.8 Å². The molecule has 8 rings (SSSR count). The summed E-state index contributed by atoms with van der Waals surface area (Å²) in [5.41, 5.74) is 3.05. The van der Waals surface area contributed by atoms with Gasteiger partial charge in [-0.05, 0) is 67.5 Å². The maximum absolute atomic E-state index is 15.0. The maximum Gasteiger partial charge on any atom is 0.279 e. The van der Waals surface area contributed by atoms with Crippen molar-refractivity contribution >= 4 is 36.5 Å². The van der Waals surface area contributed by atoms with Crippen LogP contribution in [0, 0.1) is 5.92 Å². The van der Waals surface area contributed by atoms with Crippen LogP contribution in [0.25, 0.3) is 16.6 Å². The Labute approximate surface area is 295 Å². The van der Waals surface area contributed by atoms with Gasteiger partial charge in [0.25, 0.3) is 11.5 Å². The molecule has 3 N–H and O–H groups in total. The Morgan fingerprint density at radius 1 is 0.941 bits per heavy atom. The summed E-state index contributed by atoms with van der Waals surface area (Å²) in [7, 11) is -2.94. The lowest BCUT2D eigenvalue weighted by Crippen LogP contribution is -2.45. The summed E-state index contributed by atoms with van der Waals surface area (Å²) >= 11 is 0. The fourth-order valence-corrected chi connectivity index (χ4v) is 11.0. The van der Waals surface area contributed by atoms with E-state index in [9.17, 15) is 19.5 Å². The van der Waals surface area contributed by atoms with Gasteiger partial charge in [0.1, 0.15) is 0 Å². The van der Waals surface area contributed by atoms with Crippen LogP contribution in [-0.2, 0) is 21.7 Å². The fraction of sp³-hybridized carbons (Fsp3) is 0.282. The third-order valence-corrected chi connectivity index (χ3v) is 13.2. The number of aromatic nitrogens is 5. The van der Waals surface area contributed by atoms with E-state index in [0.29, 0.717) is 52.2 Å². The van der Waals surface area contributed by atoms with Crippen LogP contribution in [0.15, 0.2) is 114 Å². The molecule has 1 saturated heterocycles. The van der Waals surface area contributed by atoms with E-state index in [1.54, 1.807) is 15.6 Å². The van der Waals surface area contributed by atoms with E-state index in [1.807, 2.05) is 123 Å². The summed E-state index contributed by atoms with van der Waals surface area (Å²) in [6.45, 7) is 6.14. The number of nitrogens with one attached hydrogen (secondary N) is 1. The third kappa shape index (κ3) is 5.37. The van der Waals surface area contributed by atoms with Crippen molar-refractivity contribution in [1.29, 1.82) is 0 Å². The zero-order valence-corrected chi connectivity index (χ0v) is 29.7. The van der Waals surface area contributed by atoms with Gasteiger partial charge in [0, 0.05) is 35.5 Å². The third-order valence-electron chi connectivity index (χ3n) is 10.7. The van der Waals surface area contributed by atoms with Crippen molar-refractivity contribution < 1.29 is 19.4 Å². The number of aryl methyl sites for hydroxylation is 1. The van der Waals surface area contributed by atoms with Gasteiger partial charge in [0.05, 0.1) is 46.6 Å². The minimum atomic E-state index is -2.94. The lowest BCUT2D eigenvalue weighted by Gasteiger charge is -2.32. The topological polar surface area (TPSA) is 138 Å². The van der Waals surface area contributed by atoms with Crippen molar-refractivity contribution in [2.75, 3.05) is 11.5 Å². The summed E-state index contributed by atoms with van der Waals surface area (Å²) in [6, 6.07) is 32.2. The number of hydrogen-bond donors (Lipinski definition) is 3. The highest BCUT2D eigenvalue weighted by molar-refractivity contribution is 6.71. The van der Waals surface area contributed by atoms with E-state index < -0.39 is 25.9 Å². The van der Waals surface area contributed by atoms with E-state index in [0.717, 1.165) is 5.56 Å². The number of anilines is 2. The number of fused-ring (bicyclic) bond motifs is 3. The van der Waals surface area contributed by atoms with Crippen LogP contribution in [-0.4, -0.2) is 61.6 Å². The first-order valence-corrected chi connectivity index (χ1v) is 20.3. The molecule has 0 radical (unpaired) electrons. The number of hydrogen-bond acceptors (Lipinski definition) is 7. The average Bonchev–Trinajstić information content (AvgIpc) is 3.88. The van der Waals surface area contributed by atoms with Gasteiger partial charge in [-0.15, -0.1) is 5.10 Å². The lowest BCUT2D eigenvalue weighted by atomic mass is 9.82. The van der Waals surface area contributed by atoms with Gasteiger partial charge in [0.2, 0.25) is 0 Å². The molecule has 51 heavy (non-hydrogen) atoms. The van der Waals surface area contributed by atoms with E-state index in [2.05, 4.69) is 15.4 Å². The second-order valence-corrected chi connectivity index (χ2v) is 18.2. The smallest absolute Gasteiger partial charge is 0.279 e. The molecule has 6 aromatic rings. The molecule has 2 aliphatic heterocycles. The Kier molecular flexibility index (Phi) is 8.14. The second-order valence-electron chi connectivity index (χ2n) is 14.2. The Morgan fingerprint density at radius 3 is 2.35 bits per heavy atom. The van der Waals surface area contributed by atoms with Crippen LogP contribution >= 0.6 is 0 Å². The molecule has 0 saturated carbocycles. The van der Waals surface area contributed by atoms with Gasteiger partial charge < -0.3 is 14.6 Å². The predicted octanol–water partition coefficient (Wildman–Crippen LogP) is 5.60. The summed E-state index contributed by atoms with van der Waals surface area (Å²) < 4.78 is 10.3. The van der Waals surface area contributed by atoms with E-state index in [1.165, 1.54) is 4.68 Å². The van der Waals surface area contributed by atoms with Crippen LogP contribution in [0.2, 0.25) is 18.6 Å². The van der Waals surface area contributed by atoms with Gasteiger partial charge in [-0.2, -0.15) is 0 Å². The molecule has 2 aromatic heterocycles. The molecule has 1 fully saturated rings. The van der Waals surface area contributed by atoms with Crippen molar-refractivity contribution in [3.05, 3.63) is 136 Å². The number of H-pyrrole nitrogens is 1. The molecule has 0 aliphatic carbocycles. The Morgan fingerprint density at radius 2 is 1.65 bits per heavy atom. The molecule has 11 nitrogen and oxygen atoms in total. The first-order valence-electron chi connectivity index (χ1n) is 17.3. The molecule has 1 spiro atoms. The summed E-state index contributed by atoms with van der Waals surface area (Å²) in [6.07, 6.45) is 1.84. The van der Waals surface area contributed by atoms with Crippen molar-refractivity contribution in [2.24, 2.45) is 5.92 Å². The van der Waals surface area contributed by atoms with E-state index >= 15 is 0 Å². The highest BCUT2D eigenvalue weighted by Crippen LogP contribution is 2.61. The minimum Gasteiger partial charge on any atom is -0.432 e. The number of benzene rings is 4. The predicted molar refractivity (Wildman–Crippen MR) is 197 cm³/mol. The zero-order chi connectivity index (χ0) is 35.5. The van der Waals surface area contributed by atoms with Crippen molar-refractivity contribution in [2.45, 2.75) is 56.1 Å². The number of aliphatic hydroxyl groups excluding tert-OH is 1. The molecule has 2 aliphatic rings. The van der Waals surface area contributed by atoms with Crippen LogP contribution in [0.3, 0.4) is 0 Å². The normalized spacial score (nSPS) is 22.3. The molecular formula is C39H40N6O5Si. The largest absolute Gasteiger partial charge is 0.432 e. The Balaban J connectivity index is 1.18. The number of ether oxygens (including phenoxy) is 1. The lowest BCUT2D eigenvalue weighted by molar-refractivity contribution is -0.145. The second kappa shape index (κ2) is 12.6. The number of aromatic amines is 1. The summed E-state index contributed by atoms with van der Waals surface area (Å²) in [4.78, 5) is 42.0. The molecule has 12 heteroatoms. The Hall–Kier alpha value is -5.14. The van der Waals surface area contributed by atoms with Crippen LogP contribution in [0.5, 0.6) is 0 Å². The number of rotatable bonds is 9. The van der Waals surface area contributed by atoms with Gasteiger partial charge in [0.15, 0.2) is 13.9 Å². The van der Waals surface area contributed by atoms with Crippen molar-refractivity contribution in [1.82, 2.24) is 24.8 Å². The number of aliphatic hydroxyl groups is 1. The number of amides is 1. The van der Waals surface area contributed by atoms with E-state index in [4.69, 9.17) is 4.74 Å². The maximum atomic E-state index is 15.0. The van der Waals surface area contributed by atoms with Crippen LogP contribution < -0.4 is 10.5 Å². The van der Waals surface area contributed by atoms with Gasteiger partial charge >= 0.3 is 0 Å². The molecule has 4 aromatic carbocycles. The van der Waals surface area contributed by atoms with Gasteiger partial charge in [-0.3, -0.25) is 24.3 Å². The van der Waals surface area contributed by atoms with Crippen LogP contribution in [0.1, 0.15) is 36.1 Å². The SMILES string of the molecule is C[C@@H]1[C@@H]([Si](C)(C)O)[C@H](CCn2cc(C(CO)c3ccccc3)nn2)O[C@@]12C(=O)N(c1ccccc1)c1ccc(-n3[nH]c4ccccc4c3=O)cc12. The average molecular weight is 701 g/mol. The van der Waals surface area contributed by atoms with Crippen molar-refractivity contribution in [3.63, 3.8) is 0 Å². The number of nitrogens with zero attached hydrogens (tertiary/aromatic N) is 5. The van der Waals surface area contributed by atoms with Crippen LogP contribution in [0.4, 0.5) is 11.4 Å². The monoisotopic (exact) mass is 700 g/mol. The zero-order valence-electron chi connectivity index (χ0n) is 28.7. The fourth-order valence-electron chi connectivity index (χ4n) is 8.37. The molecule has 1 unspecified atom stereocenters. The first kappa shape index (κ1) is 33.0.